The van der Waals surface area contributed by atoms with Crippen molar-refractivity contribution in [1.82, 2.24) is 9.55 Å². The van der Waals surface area contributed by atoms with Crippen LogP contribution in [0.5, 0.6) is 5.75 Å². The summed E-state index contributed by atoms with van der Waals surface area (Å²) < 4.78 is 8.25. The van der Waals surface area contributed by atoms with Gasteiger partial charge in [-0.05, 0) is 49.6 Å². The van der Waals surface area contributed by atoms with E-state index in [1.165, 1.54) is 16.6 Å². The van der Waals surface area contributed by atoms with E-state index in [1.54, 1.807) is 0 Å². The standard InChI is InChI=1S/C25H26N2O/c1-3-20-11-15-22(16-12-20)28-18-6-17-27-24-8-5-4-7-23(24)26-25(27)21-13-9-19(2)10-14-21/h4-5,7-16H,3,6,17-18H2,1-2H3. The second-order valence-corrected chi connectivity index (χ2v) is 7.14. The van der Waals surface area contributed by atoms with Gasteiger partial charge < -0.3 is 9.30 Å². The summed E-state index contributed by atoms with van der Waals surface area (Å²) in [6.45, 7) is 5.83. The summed E-state index contributed by atoms with van der Waals surface area (Å²) in [5.41, 5.74) is 5.95. The zero-order valence-corrected chi connectivity index (χ0v) is 16.6. The highest BCUT2D eigenvalue weighted by atomic mass is 16.5. The highest BCUT2D eigenvalue weighted by molar-refractivity contribution is 5.80. The number of aromatic nitrogens is 2. The molecular weight excluding hydrogens is 344 g/mol. The van der Waals surface area contributed by atoms with Crippen molar-refractivity contribution >= 4 is 11.0 Å². The maximum absolute atomic E-state index is 5.94. The van der Waals surface area contributed by atoms with Crippen molar-refractivity contribution in [3.05, 3.63) is 83.9 Å². The summed E-state index contributed by atoms with van der Waals surface area (Å²) in [4.78, 5) is 4.89. The summed E-state index contributed by atoms with van der Waals surface area (Å²) in [6.07, 6.45) is 1.98. The fourth-order valence-corrected chi connectivity index (χ4v) is 3.46. The van der Waals surface area contributed by atoms with Crippen molar-refractivity contribution in [3.8, 4) is 17.1 Å². The number of hydrogen-bond donors (Lipinski definition) is 0. The molecule has 0 unspecified atom stereocenters. The first-order valence-corrected chi connectivity index (χ1v) is 9.98. The van der Waals surface area contributed by atoms with Crippen molar-refractivity contribution < 1.29 is 4.74 Å². The van der Waals surface area contributed by atoms with Gasteiger partial charge >= 0.3 is 0 Å². The van der Waals surface area contributed by atoms with Crippen LogP contribution in [-0.2, 0) is 13.0 Å². The van der Waals surface area contributed by atoms with Crippen LogP contribution in [-0.4, -0.2) is 16.2 Å². The quantitative estimate of drug-likeness (QED) is 0.371. The zero-order chi connectivity index (χ0) is 19.3. The van der Waals surface area contributed by atoms with Gasteiger partial charge in [0.15, 0.2) is 0 Å². The van der Waals surface area contributed by atoms with E-state index >= 15 is 0 Å². The molecule has 0 spiro atoms. The van der Waals surface area contributed by atoms with Crippen molar-refractivity contribution in [2.45, 2.75) is 33.2 Å². The number of rotatable bonds is 7. The third-order valence-electron chi connectivity index (χ3n) is 5.09. The molecule has 0 radical (unpaired) electrons. The van der Waals surface area contributed by atoms with E-state index in [9.17, 15) is 0 Å². The van der Waals surface area contributed by atoms with Gasteiger partial charge in [-0.25, -0.2) is 4.98 Å². The second kappa shape index (κ2) is 8.30. The number of hydrogen-bond acceptors (Lipinski definition) is 2. The van der Waals surface area contributed by atoms with Gasteiger partial charge in [-0.1, -0.05) is 61.0 Å². The predicted octanol–water partition coefficient (Wildman–Crippen LogP) is 6.04. The largest absolute Gasteiger partial charge is 0.494 e. The highest BCUT2D eigenvalue weighted by Gasteiger charge is 2.12. The Morgan fingerprint density at radius 3 is 2.39 bits per heavy atom. The zero-order valence-electron chi connectivity index (χ0n) is 16.6. The topological polar surface area (TPSA) is 27.1 Å². The molecule has 0 bridgehead atoms. The van der Waals surface area contributed by atoms with E-state index in [0.717, 1.165) is 42.0 Å². The van der Waals surface area contributed by atoms with Gasteiger partial charge in [-0.15, -0.1) is 0 Å². The Kier molecular flexibility index (Phi) is 5.43. The Labute approximate surface area is 166 Å². The van der Waals surface area contributed by atoms with E-state index < -0.39 is 0 Å². The van der Waals surface area contributed by atoms with Gasteiger partial charge in [0.2, 0.25) is 0 Å². The first kappa shape index (κ1) is 18.3. The number of aryl methyl sites for hydroxylation is 3. The lowest BCUT2D eigenvalue weighted by atomic mass is 10.1. The van der Waals surface area contributed by atoms with E-state index in [0.29, 0.717) is 6.61 Å². The number of nitrogens with zero attached hydrogens (tertiary/aromatic N) is 2. The van der Waals surface area contributed by atoms with Crippen molar-refractivity contribution in [1.29, 1.82) is 0 Å². The molecule has 0 saturated heterocycles. The molecule has 4 rings (SSSR count). The summed E-state index contributed by atoms with van der Waals surface area (Å²) in [6, 6.07) is 25.3. The Hall–Kier alpha value is -3.07. The molecule has 3 nitrogen and oxygen atoms in total. The fourth-order valence-electron chi connectivity index (χ4n) is 3.46. The minimum Gasteiger partial charge on any atom is -0.494 e. The van der Waals surface area contributed by atoms with Crippen LogP contribution < -0.4 is 4.74 Å². The lowest BCUT2D eigenvalue weighted by Crippen LogP contribution is -2.06. The van der Waals surface area contributed by atoms with E-state index in [-0.39, 0.29) is 0 Å². The first-order valence-electron chi connectivity index (χ1n) is 9.98. The molecule has 3 heteroatoms. The van der Waals surface area contributed by atoms with Gasteiger partial charge in [0.1, 0.15) is 11.6 Å². The summed E-state index contributed by atoms with van der Waals surface area (Å²) in [5.74, 6) is 1.96. The lowest BCUT2D eigenvalue weighted by Gasteiger charge is -2.11. The van der Waals surface area contributed by atoms with Crippen LogP contribution >= 0.6 is 0 Å². The van der Waals surface area contributed by atoms with E-state index in [4.69, 9.17) is 9.72 Å². The molecule has 3 aromatic carbocycles. The van der Waals surface area contributed by atoms with E-state index in [1.807, 2.05) is 6.07 Å². The van der Waals surface area contributed by atoms with Crippen LogP contribution in [0.2, 0.25) is 0 Å². The van der Waals surface area contributed by atoms with Crippen LogP contribution in [0.25, 0.3) is 22.4 Å². The molecule has 0 amide bonds. The number of para-hydroxylation sites is 2. The van der Waals surface area contributed by atoms with Gasteiger partial charge in [0.25, 0.3) is 0 Å². The minimum absolute atomic E-state index is 0.686. The normalized spacial score (nSPS) is 11.1. The van der Waals surface area contributed by atoms with Crippen molar-refractivity contribution in [2.75, 3.05) is 6.61 Å². The van der Waals surface area contributed by atoms with Gasteiger partial charge in [-0.2, -0.15) is 0 Å². The number of imidazole rings is 1. The summed E-state index contributed by atoms with van der Waals surface area (Å²) >= 11 is 0. The maximum atomic E-state index is 5.94. The van der Waals surface area contributed by atoms with Crippen LogP contribution in [0.3, 0.4) is 0 Å². The molecule has 28 heavy (non-hydrogen) atoms. The molecule has 1 heterocycles. The van der Waals surface area contributed by atoms with Crippen LogP contribution in [0.4, 0.5) is 0 Å². The molecule has 0 N–H and O–H groups in total. The third-order valence-corrected chi connectivity index (χ3v) is 5.09. The lowest BCUT2D eigenvalue weighted by molar-refractivity contribution is 0.303. The summed E-state index contributed by atoms with van der Waals surface area (Å²) in [7, 11) is 0. The molecule has 0 atom stereocenters. The molecule has 0 aliphatic carbocycles. The van der Waals surface area contributed by atoms with Crippen molar-refractivity contribution in [2.24, 2.45) is 0 Å². The average Bonchev–Trinajstić information content (AvgIpc) is 3.11. The SMILES string of the molecule is CCc1ccc(OCCCn2c(-c3ccc(C)cc3)nc3ccccc32)cc1. The smallest absolute Gasteiger partial charge is 0.141 e. The van der Waals surface area contributed by atoms with Crippen LogP contribution in [0.15, 0.2) is 72.8 Å². The first-order chi connectivity index (χ1) is 13.7. The van der Waals surface area contributed by atoms with Crippen LogP contribution in [0.1, 0.15) is 24.5 Å². The molecule has 0 fully saturated rings. The van der Waals surface area contributed by atoms with E-state index in [2.05, 4.69) is 85.1 Å². The van der Waals surface area contributed by atoms with Crippen LogP contribution in [0, 0.1) is 6.92 Å². The fraction of sp³-hybridized carbons (Fsp3) is 0.240. The Morgan fingerprint density at radius 2 is 1.64 bits per heavy atom. The van der Waals surface area contributed by atoms with Crippen molar-refractivity contribution in [3.63, 3.8) is 0 Å². The predicted molar refractivity (Wildman–Crippen MR) is 116 cm³/mol. The Bertz CT molecular complexity index is 1050. The van der Waals surface area contributed by atoms with Gasteiger partial charge in [-0.3, -0.25) is 0 Å². The number of benzene rings is 3. The van der Waals surface area contributed by atoms with Gasteiger partial charge in [0, 0.05) is 12.1 Å². The van der Waals surface area contributed by atoms with Gasteiger partial charge in [0.05, 0.1) is 17.6 Å². The monoisotopic (exact) mass is 370 g/mol. The molecule has 0 aliphatic rings. The summed E-state index contributed by atoms with van der Waals surface area (Å²) in [5, 5.41) is 0. The molecule has 1 aromatic heterocycles. The average molecular weight is 370 g/mol. The Balaban J connectivity index is 1.50. The third kappa shape index (κ3) is 3.94. The number of ether oxygens (including phenoxy) is 1. The molecule has 0 aliphatic heterocycles. The molecule has 4 aromatic rings. The highest BCUT2D eigenvalue weighted by Crippen LogP contribution is 2.25. The molecular formula is C25H26N2O. The number of fused-ring (bicyclic) bond motifs is 1. The molecule has 0 saturated carbocycles. The Morgan fingerprint density at radius 1 is 0.893 bits per heavy atom. The minimum atomic E-state index is 0.686. The second-order valence-electron chi connectivity index (χ2n) is 7.14. The maximum Gasteiger partial charge on any atom is 0.141 e. The molecule has 142 valence electrons.